The summed E-state index contributed by atoms with van der Waals surface area (Å²) in [5.41, 5.74) is 2.89. The van der Waals surface area contributed by atoms with Crippen molar-refractivity contribution >= 4 is 27.3 Å². The highest BCUT2D eigenvalue weighted by atomic mass is 79.9. The first kappa shape index (κ1) is 13.5. The molecule has 0 bridgehead atoms. The van der Waals surface area contributed by atoms with Gasteiger partial charge in [0.2, 0.25) is 0 Å². The summed E-state index contributed by atoms with van der Waals surface area (Å²) in [5, 5.41) is 14.2. The van der Waals surface area contributed by atoms with E-state index < -0.39 is 0 Å². The van der Waals surface area contributed by atoms with Gasteiger partial charge in [0.05, 0.1) is 4.92 Å². The maximum Gasteiger partial charge on any atom is 0.275 e. The zero-order chi connectivity index (χ0) is 13.8. The van der Waals surface area contributed by atoms with Gasteiger partial charge in [0.1, 0.15) is 0 Å². The van der Waals surface area contributed by atoms with Gasteiger partial charge in [-0.05, 0) is 36.8 Å². The lowest BCUT2D eigenvalue weighted by Gasteiger charge is -2.08. The fourth-order valence-corrected chi connectivity index (χ4v) is 2.16. The number of nitro groups is 1. The second-order valence-electron chi connectivity index (χ2n) is 4.25. The molecule has 2 aromatic carbocycles. The minimum absolute atomic E-state index is 0.120. The molecule has 0 aromatic heterocycles. The van der Waals surface area contributed by atoms with Crippen molar-refractivity contribution in [3.63, 3.8) is 0 Å². The largest absolute Gasteiger partial charge is 0.381 e. The first-order chi connectivity index (χ1) is 9.06. The van der Waals surface area contributed by atoms with Crippen LogP contribution in [-0.2, 0) is 6.54 Å². The molecule has 0 atom stereocenters. The Morgan fingerprint density at radius 1 is 1.26 bits per heavy atom. The summed E-state index contributed by atoms with van der Waals surface area (Å²) in [6, 6.07) is 13.0. The third-order valence-corrected chi connectivity index (χ3v) is 3.24. The molecular formula is C14H13BrN2O2. The molecule has 0 amide bonds. The molecule has 0 saturated carbocycles. The standard InChI is InChI=1S/C14H13BrN2O2/c1-10-3-2-4-13(7-10)16-9-11-5-6-12(15)8-14(11)17(18)19/h2-8,16H,9H2,1H3. The van der Waals surface area contributed by atoms with Crippen molar-refractivity contribution in [2.24, 2.45) is 0 Å². The third kappa shape index (κ3) is 3.54. The fourth-order valence-electron chi connectivity index (χ4n) is 1.81. The number of nitrogens with one attached hydrogen (secondary N) is 1. The maximum atomic E-state index is 11.0. The smallest absolute Gasteiger partial charge is 0.275 e. The Hall–Kier alpha value is -1.88. The number of benzene rings is 2. The van der Waals surface area contributed by atoms with Gasteiger partial charge in [-0.2, -0.15) is 0 Å². The molecule has 0 aliphatic carbocycles. The molecular weight excluding hydrogens is 308 g/mol. The van der Waals surface area contributed by atoms with Crippen molar-refractivity contribution in [1.82, 2.24) is 0 Å². The minimum Gasteiger partial charge on any atom is -0.381 e. The van der Waals surface area contributed by atoms with Crippen LogP contribution in [0.15, 0.2) is 46.9 Å². The molecule has 0 spiro atoms. The quantitative estimate of drug-likeness (QED) is 0.675. The molecule has 2 rings (SSSR count). The molecule has 0 unspecified atom stereocenters. The van der Waals surface area contributed by atoms with Gasteiger partial charge in [-0.1, -0.05) is 28.1 Å². The Morgan fingerprint density at radius 3 is 2.74 bits per heavy atom. The van der Waals surface area contributed by atoms with E-state index in [1.165, 1.54) is 6.07 Å². The minimum atomic E-state index is -0.363. The predicted molar refractivity (Wildman–Crippen MR) is 79.3 cm³/mol. The summed E-state index contributed by atoms with van der Waals surface area (Å²) in [4.78, 5) is 10.6. The van der Waals surface area contributed by atoms with Gasteiger partial charge in [0.25, 0.3) is 5.69 Å². The second kappa shape index (κ2) is 5.84. The summed E-state index contributed by atoms with van der Waals surface area (Å²) in [6.07, 6.45) is 0. The Kier molecular flexibility index (Phi) is 4.16. The van der Waals surface area contributed by atoms with E-state index in [0.717, 1.165) is 11.3 Å². The van der Waals surface area contributed by atoms with Gasteiger partial charge < -0.3 is 5.32 Å². The monoisotopic (exact) mass is 320 g/mol. The van der Waals surface area contributed by atoms with Crippen molar-refractivity contribution in [2.45, 2.75) is 13.5 Å². The molecule has 0 fully saturated rings. The fraction of sp³-hybridized carbons (Fsp3) is 0.143. The molecule has 1 N–H and O–H groups in total. The summed E-state index contributed by atoms with van der Waals surface area (Å²) in [7, 11) is 0. The van der Waals surface area contributed by atoms with Crippen molar-refractivity contribution < 1.29 is 4.92 Å². The molecule has 4 nitrogen and oxygen atoms in total. The Balaban J connectivity index is 2.17. The number of hydrogen-bond donors (Lipinski definition) is 1. The van der Waals surface area contributed by atoms with Crippen LogP contribution in [0.5, 0.6) is 0 Å². The lowest BCUT2D eigenvalue weighted by Crippen LogP contribution is -2.03. The van der Waals surface area contributed by atoms with Crippen molar-refractivity contribution in [3.8, 4) is 0 Å². The van der Waals surface area contributed by atoms with Crippen LogP contribution in [0.3, 0.4) is 0 Å². The summed E-state index contributed by atoms with van der Waals surface area (Å²) in [6.45, 7) is 2.43. The van der Waals surface area contributed by atoms with Crippen LogP contribution in [0.25, 0.3) is 0 Å². The van der Waals surface area contributed by atoms with Gasteiger partial charge in [-0.15, -0.1) is 0 Å². The SMILES string of the molecule is Cc1cccc(NCc2ccc(Br)cc2[N+](=O)[O-])c1. The number of hydrogen-bond acceptors (Lipinski definition) is 3. The van der Waals surface area contributed by atoms with Crippen LogP contribution in [0.2, 0.25) is 0 Å². The van der Waals surface area contributed by atoms with E-state index in [2.05, 4.69) is 21.2 Å². The van der Waals surface area contributed by atoms with Crippen molar-refractivity contribution in [2.75, 3.05) is 5.32 Å². The molecule has 2 aromatic rings. The van der Waals surface area contributed by atoms with Gasteiger partial charge in [-0.25, -0.2) is 0 Å². The van der Waals surface area contributed by atoms with Gasteiger partial charge >= 0.3 is 0 Å². The summed E-state index contributed by atoms with van der Waals surface area (Å²) >= 11 is 3.25. The van der Waals surface area contributed by atoms with E-state index in [-0.39, 0.29) is 10.6 Å². The zero-order valence-corrected chi connectivity index (χ0v) is 12.0. The van der Waals surface area contributed by atoms with E-state index in [1.807, 2.05) is 31.2 Å². The van der Waals surface area contributed by atoms with E-state index in [0.29, 0.717) is 16.6 Å². The van der Waals surface area contributed by atoms with Gasteiger partial charge in [0.15, 0.2) is 0 Å². The second-order valence-corrected chi connectivity index (χ2v) is 5.17. The van der Waals surface area contributed by atoms with Crippen LogP contribution in [0.4, 0.5) is 11.4 Å². The lowest BCUT2D eigenvalue weighted by atomic mass is 10.1. The lowest BCUT2D eigenvalue weighted by molar-refractivity contribution is -0.385. The van der Waals surface area contributed by atoms with E-state index in [9.17, 15) is 10.1 Å². The highest BCUT2D eigenvalue weighted by molar-refractivity contribution is 9.10. The maximum absolute atomic E-state index is 11.0. The van der Waals surface area contributed by atoms with Gasteiger partial charge in [0, 0.05) is 28.3 Å². The van der Waals surface area contributed by atoms with E-state index in [1.54, 1.807) is 12.1 Å². The predicted octanol–water partition coefficient (Wildman–Crippen LogP) is 4.28. The number of anilines is 1. The van der Waals surface area contributed by atoms with E-state index >= 15 is 0 Å². The zero-order valence-electron chi connectivity index (χ0n) is 10.4. The van der Waals surface area contributed by atoms with Gasteiger partial charge in [-0.3, -0.25) is 10.1 Å². The topological polar surface area (TPSA) is 55.2 Å². The number of rotatable bonds is 4. The molecule has 5 heteroatoms. The number of nitrogens with zero attached hydrogens (tertiary/aromatic N) is 1. The summed E-state index contributed by atoms with van der Waals surface area (Å²) < 4.78 is 0.707. The molecule has 0 saturated heterocycles. The average Bonchev–Trinajstić information content (AvgIpc) is 2.37. The number of aryl methyl sites for hydroxylation is 1. The molecule has 0 radical (unpaired) electrons. The van der Waals surface area contributed by atoms with E-state index in [4.69, 9.17) is 0 Å². The molecule has 0 heterocycles. The molecule has 19 heavy (non-hydrogen) atoms. The Morgan fingerprint density at radius 2 is 2.05 bits per heavy atom. The highest BCUT2D eigenvalue weighted by Crippen LogP contribution is 2.24. The Labute approximate surface area is 119 Å². The summed E-state index contributed by atoms with van der Waals surface area (Å²) in [5.74, 6) is 0. The van der Waals surface area contributed by atoms with Crippen molar-refractivity contribution in [3.05, 3.63) is 68.2 Å². The molecule has 0 aliphatic rings. The molecule has 0 aliphatic heterocycles. The highest BCUT2D eigenvalue weighted by Gasteiger charge is 2.13. The first-order valence-corrected chi connectivity index (χ1v) is 6.59. The number of halogens is 1. The molecule has 98 valence electrons. The first-order valence-electron chi connectivity index (χ1n) is 5.79. The van der Waals surface area contributed by atoms with Crippen LogP contribution >= 0.6 is 15.9 Å². The van der Waals surface area contributed by atoms with Crippen LogP contribution in [-0.4, -0.2) is 4.92 Å². The number of nitro benzene ring substituents is 1. The van der Waals surface area contributed by atoms with Crippen LogP contribution in [0, 0.1) is 17.0 Å². The normalized spacial score (nSPS) is 10.2. The Bertz CT molecular complexity index is 614. The van der Waals surface area contributed by atoms with Crippen molar-refractivity contribution in [1.29, 1.82) is 0 Å². The third-order valence-electron chi connectivity index (χ3n) is 2.75. The van der Waals surface area contributed by atoms with Crippen LogP contribution < -0.4 is 5.32 Å². The van der Waals surface area contributed by atoms with Crippen LogP contribution in [0.1, 0.15) is 11.1 Å². The average molecular weight is 321 g/mol.